The smallest absolute Gasteiger partial charge is 0.255 e. The minimum absolute atomic E-state index is 0.169. The van der Waals surface area contributed by atoms with Crippen molar-refractivity contribution in [2.45, 2.75) is 6.61 Å². The van der Waals surface area contributed by atoms with E-state index in [9.17, 15) is 4.79 Å². The van der Waals surface area contributed by atoms with Gasteiger partial charge in [0.15, 0.2) is 0 Å². The molecule has 0 radical (unpaired) electrons. The van der Waals surface area contributed by atoms with Crippen LogP contribution in [0.15, 0.2) is 73.1 Å². The van der Waals surface area contributed by atoms with E-state index in [2.05, 4.69) is 10.3 Å². The van der Waals surface area contributed by atoms with Crippen LogP contribution in [0.5, 0.6) is 5.75 Å². The summed E-state index contributed by atoms with van der Waals surface area (Å²) in [6.45, 7) is 0.291. The number of hydrogen-bond donors (Lipinski definition) is 1. The number of ether oxygens (including phenoxy) is 1. The van der Waals surface area contributed by atoms with Gasteiger partial charge >= 0.3 is 0 Å². The van der Waals surface area contributed by atoms with Gasteiger partial charge in [0.25, 0.3) is 5.91 Å². The minimum Gasteiger partial charge on any atom is -0.487 e. The number of pyridine rings is 1. The molecular formula is C19H15ClN2O2. The quantitative estimate of drug-likeness (QED) is 0.741. The molecule has 3 aromatic rings. The lowest BCUT2D eigenvalue weighted by molar-refractivity contribution is 0.102. The van der Waals surface area contributed by atoms with E-state index in [1.807, 2.05) is 24.3 Å². The molecule has 0 atom stereocenters. The van der Waals surface area contributed by atoms with Crippen molar-refractivity contribution in [2.24, 2.45) is 0 Å². The van der Waals surface area contributed by atoms with Gasteiger partial charge in [-0.2, -0.15) is 0 Å². The molecule has 24 heavy (non-hydrogen) atoms. The van der Waals surface area contributed by atoms with Crippen LogP contribution in [0.4, 0.5) is 5.69 Å². The van der Waals surface area contributed by atoms with Crippen molar-refractivity contribution in [1.29, 1.82) is 0 Å². The SMILES string of the molecule is O=C(Nc1ccc(Cl)c(COc2cccnc2)c1)c1ccccc1. The number of nitrogens with zero attached hydrogens (tertiary/aromatic N) is 1. The number of amides is 1. The second kappa shape index (κ2) is 7.62. The first-order valence-corrected chi connectivity index (χ1v) is 7.78. The second-order valence-electron chi connectivity index (χ2n) is 5.10. The molecule has 2 aromatic carbocycles. The number of carbonyl (C=O) groups is 1. The van der Waals surface area contributed by atoms with Crippen LogP contribution < -0.4 is 10.1 Å². The Morgan fingerprint density at radius 2 is 1.92 bits per heavy atom. The Labute approximate surface area is 145 Å². The Morgan fingerprint density at radius 3 is 2.67 bits per heavy atom. The Balaban J connectivity index is 1.70. The molecule has 1 aromatic heterocycles. The van der Waals surface area contributed by atoms with E-state index in [-0.39, 0.29) is 5.91 Å². The summed E-state index contributed by atoms with van der Waals surface area (Å²) in [5.74, 6) is 0.490. The summed E-state index contributed by atoms with van der Waals surface area (Å²) in [5, 5.41) is 3.44. The summed E-state index contributed by atoms with van der Waals surface area (Å²) in [5.41, 5.74) is 2.05. The zero-order valence-electron chi connectivity index (χ0n) is 12.8. The Bertz CT molecular complexity index is 823. The van der Waals surface area contributed by atoms with Crippen molar-refractivity contribution in [3.8, 4) is 5.75 Å². The zero-order chi connectivity index (χ0) is 16.8. The highest BCUT2D eigenvalue weighted by Gasteiger charge is 2.08. The molecule has 120 valence electrons. The van der Waals surface area contributed by atoms with E-state index in [1.165, 1.54) is 0 Å². The molecule has 5 heteroatoms. The summed E-state index contributed by atoms with van der Waals surface area (Å²) < 4.78 is 5.66. The molecule has 1 amide bonds. The predicted octanol–water partition coefficient (Wildman–Crippen LogP) is 4.57. The normalized spacial score (nSPS) is 10.2. The standard InChI is InChI=1S/C19H15ClN2O2/c20-18-9-8-16(22-19(23)14-5-2-1-3-6-14)11-15(18)13-24-17-7-4-10-21-12-17/h1-12H,13H2,(H,22,23). The topological polar surface area (TPSA) is 51.2 Å². The van der Waals surface area contributed by atoms with Gasteiger partial charge in [0, 0.05) is 28.0 Å². The number of anilines is 1. The minimum atomic E-state index is -0.169. The maximum absolute atomic E-state index is 12.2. The van der Waals surface area contributed by atoms with Gasteiger partial charge in [-0.25, -0.2) is 0 Å². The Morgan fingerprint density at radius 1 is 1.08 bits per heavy atom. The summed E-state index contributed by atoms with van der Waals surface area (Å²) in [6.07, 6.45) is 3.31. The van der Waals surface area contributed by atoms with Gasteiger partial charge < -0.3 is 10.1 Å². The van der Waals surface area contributed by atoms with E-state index in [0.29, 0.717) is 28.6 Å². The van der Waals surface area contributed by atoms with Crippen molar-refractivity contribution in [3.05, 3.63) is 89.2 Å². The summed E-state index contributed by atoms with van der Waals surface area (Å²) >= 11 is 6.21. The summed E-state index contributed by atoms with van der Waals surface area (Å²) in [7, 11) is 0. The lowest BCUT2D eigenvalue weighted by Gasteiger charge is -2.10. The molecule has 0 spiro atoms. The van der Waals surface area contributed by atoms with Gasteiger partial charge in [-0.15, -0.1) is 0 Å². The number of rotatable bonds is 5. The molecule has 1 N–H and O–H groups in total. The molecule has 4 nitrogen and oxygen atoms in total. The van der Waals surface area contributed by atoms with Crippen molar-refractivity contribution in [1.82, 2.24) is 4.98 Å². The molecule has 0 aliphatic carbocycles. The average Bonchev–Trinajstić information content (AvgIpc) is 2.63. The van der Waals surface area contributed by atoms with E-state index < -0.39 is 0 Å². The van der Waals surface area contributed by atoms with E-state index in [4.69, 9.17) is 16.3 Å². The highest BCUT2D eigenvalue weighted by molar-refractivity contribution is 6.31. The second-order valence-corrected chi connectivity index (χ2v) is 5.51. The first-order valence-electron chi connectivity index (χ1n) is 7.40. The maximum Gasteiger partial charge on any atom is 0.255 e. The molecule has 0 saturated carbocycles. The van der Waals surface area contributed by atoms with Gasteiger partial charge in [0.05, 0.1) is 6.20 Å². The van der Waals surface area contributed by atoms with Gasteiger partial charge in [-0.05, 0) is 42.5 Å². The van der Waals surface area contributed by atoms with Gasteiger partial charge in [0.1, 0.15) is 12.4 Å². The lowest BCUT2D eigenvalue weighted by atomic mass is 10.2. The van der Waals surface area contributed by atoms with E-state index in [1.54, 1.807) is 48.8 Å². The van der Waals surface area contributed by atoms with Crippen molar-refractivity contribution in [3.63, 3.8) is 0 Å². The molecule has 0 bridgehead atoms. The van der Waals surface area contributed by atoms with Crippen molar-refractivity contribution < 1.29 is 9.53 Å². The number of halogens is 1. The Hall–Kier alpha value is -2.85. The maximum atomic E-state index is 12.2. The highest BCUT2D eigenvalue weighted by atomic mass is 35.5. The number of nitrogens with one attached hydrogen (secondary N) is 1. The Kier molecular flexibility index (Phi) is 5.08. The zero-order valence-corrected chi connectivity index (χ0v) is 13.5. The van der Waals surface area contributed by atoms with Crippen molar-refractivity contribution in [2.75, 3.05) is 5.32 Å². The third kappa shape index (κ3) is 4.12. The van der Waals surface area contributed by atoms with Crippen LogP contribution in [-0.2, 0) is 6.61 Å². The molecule has 0 aliphatic heterocycles. The molecular weight excluding hydrogens is 324 g/mol. The van der Waals surface area contributed by atoms with Crippen LogP contribution >= 0.6 is 11.6 Å². The predicted molar refractivity (Wildman–Crippen MR) is 94.4 cm³/mol. The molecule has 0 fully saturated rings. The highest BCUT2D eigenvalue weighted by Crippen LogP contribution is 2.23. The van der Waals surface area contributed by atoms with Gasteiger partial charge in [-0.3, -0.25) is 9.78 Å². The van der Waals surface area contributed by atoms with Crippen LogP contribution in [0.1, 0.15) is 15.9 Å². The van der Waals surface area contributed by atoms with Gasteiger partial charge in [-0.1, -0.05) is 29.8 Å². The van der Waals surface area contributed by atoms with Crippen LogP contribution in [0, 0.1) is 0 Å². The fourth-order valence-corrected chi connectivity index (χ4v) is 2.32. The monoisotopic (exact) mass is 338 g/mol. The first kappa shape index (κ1) is 16.0. The van der Waals surface area contributed by atoms with Crippen molar-refractivity contribution >= 4 is 23.2 Å². The number of carbonyl (C=O) groups excluding carboxylic acids is 1. The molecule has 0 saturated heterocycles. The van der Waals surface area contributed by atoms with Crippen LogP contribution in [0.2, 0.25) is 5.02 Å². The number of hydrogen-bond acceptors (Lipinski definition) is 3. The van der Waals surface area contributed by atoms with Crippen LogP contribution in [-0.4, -0.2) is 10.9 Å². The summed E-state index contributed by atoms with van der Waals surface area (Å²) in [4.78, 5) is 16.2. The first-order chi connectivity index (χ1) is 11.7. The molecule has 3 rings (SSSR count). The van der Waals surface area contributed by atoms with Crippen LogP contribution in [0.25, 0.3) is 0 Å². The summed E-state index contributed by atoms with van der Waals surface area (Å²) in [6, 6.07) is 18.0. The molecule has 0 unspecified atom stereocenters. The number of benzene rings is 2. The average molecular weight is 339 g/mol. The fraction of sp³-hybridized carbons (Fsp3) is 0.0526. The number of aromatic nitrogens is 1. The molecule has 0 aliphatic rings. The largest absolute Gasteiger partial charge is 0.487 e. The molecule has 1 heterocycles. The van der Waals surface area contributed by atoms with Crippen LogP contribution in [0.3, 0.4) is 0 Å². The third-order valence-corrected chi connectivity index (χ3v) is 3.74. The lowest BCUT2D eigenvalue weighted by Crippen LogP contribution is -2.12. The van der Waals surface area contributed by atoms with E-state index in [0.717, 1.165) is 5.56 Å². The van der Waals surface area contributed by atoms with Gasteiger partial charge in [0.2, 0.25) is 0 Å². The third-order valence-electron chi connectivity index (χ3n) is 3.37. The fourth-order valence-electron chi connectivity index (χ4n) is 2.15. The van der Waals surface area contributed by atoms with E-state index >= 15 is 0 Å².